The second-order valence-corrected chi connectivity index (χ2v) is 4.02. The number of rotatable bonds is 2. The number of halogens is 2. The van der Waals surface area contributed by atoms with Crippen LogP contribution in [-0.4, -0.2) is 19.0 Å². The maximum Gasteiger partial charge on any atom is 0.137 e. The average Bonchev–Trinajstić information content (AvgIpc) is 2.11. The fraction of sp³-hybridized carbons (Fsp3) is 0.300. The van der Waals surface area contributed by atoms with Crippen LogP contribution in [0.25, 0.3) is 0 Å². The van der Waals surface area contributed by atoms with E-state index in [0.29, 0.717) is 4.47 Å². The van der Waals surface area contributed by atoms with Gasteiger partial charge in [0.05, 0.1) is 10.5 Å². The van der Waals surface area contributed by atoms with E-state index in [1.54, 1.807) is 17.0 Å². The van der Waals surface area contributed by atoms with Crippen molar-refractivity contribution in [3.05, 3.63) is 34.1 Å². The van der Waals surface area contributed by atoms with Crippen LogP contribution in [0.5, 0.6) is 0 Å². The van der Waals surface area contributed by atoms with Crippen molar-refractivity contribution in [2.75, 3.05) is 14.1 Å². The summed E-state index contributed by atoms with van der Waals surface area (Å²) in [5, 5.41) is 8.91. The second-order valence-electron chi connectivity index (χ2n) is 3.17. The number of benzene rings is 1. The van der Waals surface area contributed by atoms with Crippen LogP contribution < -0.4 is 0 Å². The van der Waals surface area contributed by atoms with Gasteiger partial charge in [-0.25, -0.2) is 4.39 Å². The van der Waals surface area contributed by atoms with Gasteiger partial charge < -0.3 is 0 Å². The highest BCUT2D eigenvalue weighted by atomic mass is 79.9. The lowest BCUT2D eigenvalue weighted by Gasteiger charge is -2.17. The van der Waals surface area contributed by atoms with Gasteiger partial charge in [0.1, 0.15) is 11.9 Å². The van der Waals surface area contributed by atoms with Crippen molar-refractivity contribution in [3.8, 4) is 6.07 Å². The van der Waals surface area contributed by atoms with E-state index in [9.17, 15) is 4.39 Å². The molecule has 0 spiro atoms. The topological polar surface area (TPSA) is 27.0 Å². The molecular weight excluding hydrogens is 247 g/mol. The van der Waals surface area contributed by atoms with Crippen LogP contribution in [0.3, 0.4) is 0 Å². The number of hydrogen-bond acceptors (Lipinski definition) is 2. The van der Waals surface area contributed by atoms with Gasteiger partial charge in [-0.2, -0.15) is 5.26 Å². The van der Waals surface area contributed by atoms with Crippen molar-refractivity contribution in [2.45, 2.75) is 6.04 Å². The first-order valence-corrected chi connectivity index (χ1v) is 4.86. The summed E-state index contributed by atoms with van der Waals surface area (Å²) >= 11 is 3.09. The van der Waals surface area contributed by atoms with E-state index in [1.807, 2.05) is 14.1 Å². The first-order chi connectivity index (χ1) is 6.56. The molecule has 1 rings (SSSR count). The van der Waals surface area contributed by atoms with E-state index in [-0.39, 0.29) is 11.9 Å². The predicted octanol–water partition coefficient (Wildman–Crippen LogP) is 2.71. The molecule has 0 radical (unpaired) electrons. The summed E-state index contributed by atoms with van der Waals surface area (Å²) in [5.41, 5.74) is 0.783. The number of hydrogen-bond donors (Lipinski definition) is 0. The summed E-state index contributed by atoms with van der Waals surface area (Å²) in [7, 11) is 3.62. The molecule has 2 nitrogen and oxygen atoms in total. The minimum atomic E-state index is -0.341. The number of nitrogens with zero attached hydrogens (tertiary/aromatic N) is 2. The fourth-order valence-corrected chi connectivity index (χ4v) is 1.57. The molecule has 0 amide bonds. The maximum absolute atomic E-state index is 12.9. The van der Waals surface area contributed by atoms with Crippen molar-refractivity contribution in [1.82, 2.24) is 4.90 Å². The maximum atomic E-state index is 12.9. The Balaban J connectivity index is 3.08. The van der Waals surface area contributed by atoms with E-state index < -0.39 is 0 Å². The smallest absolute Gasteiger partial charge is 0.137 e. The van der Waals surface area contributed by atoms with Gasteiger partial charge >= 0.3 is 0 Å². The summed E-state index contributed by atoms with van der Waals surface area (Å²) in [6.45, 7) is 0. The van der Waals surface area contributed by atoms with Crippen LogP contribution in [0.1, 0.15) is 11.6 Å². The zero-order chi connectivity index (χ0) is 10.7. The zero-order valence-corrected chi connectivity index (χ0v) is 9.55. The summed E-state index contributed by atoms with van der Waals surface area (Å²) in [4.78, 5) is 1.78. The number of nitriles is 1. The Morgan fingerprint density at radius 2 is 2.14 bits per heavy atom. The normalized spacial score (nSPS) is 12.6. The van der Waals surface area contributed by atoms with Gasteiger partial charge in [0.15, 0.2) is 0 Å². The molecule has 0 aromatic heterocycles. The second kappa shape index (κ2) is 4.54. The van der Waals surface area contributed by atoms with Crippen LogP contribution in [0, 0.1) is 17.1 Å². The molecule has 0 saturated heterocycles. The average molecular weight is 257 g/mol. The Labute approximate surface area is 91.1 Å². The molecule has 0 N–H and O–H groups in total. The molecule has 0 aliphatic carbocycles. The first-order valence-electron chi connectivity index (χ1n) is 4.07. The molecule has 1 aromatic carbocycles. The quantitative estimate of drug-likeness (QED) is 0.814. The highest BCUT2D eigenvalue weighted by Crippen LogP contribution is 2.23. The standard InChI is InChI=1S/C10H10BrFN2/c1-14(2)10(6-13)7-3-4-9(12)8(11)5-7/h3-5,10H,1-2H3. The van der Waals surface area contributed by atoms with E-state index in [2.05, 4.69) is 22.0 Å². The van der Waals surface area contributed by atoms with E-state index in [0.717, 1.165) is 5.56 Å². The van der Waals surface area contributed by atoms with Crippen molar-refractivity contribution in [2.24, 2.45) is 0 Å². The Morgan fingerprint density at radius 1 is 1.50 bits per heavy atom. The third kappa shape index (κ3) is 2.31. The van der Waals surface area contributed by atoms with Gasteiger partial charge in [0.2, 0.25) is 0 Å². The Kier molecular flexibility index (Phi) is 3.62. The molecule has 4 heteroatoms. The largest absolute Gasteiger partial charge is 0.291 e. The molecule has 0 aliphatic rings. The van der Waals surface area contributed by atoms with Crippen molar-refractivity contribution < 1.29 is 4.39 Å². The lowest BCUT2D eigenvalue weighted by Crippen LogP contribution is -2.18. The molecule has 1 aromatic rings. The van der Waals surface area contributed by atoms with Crippen LogP contribution in [0.4, 0.5) is 4.39 Å². The zero-order valence-electron chi connectivity index (χ0n) is 7.96. The Hall–Kier alpha value is -0.920. The Morgan fingerprint density at radius 3 is 2.57 bits per heavy atom. The molecular formula is C10H10BrFN2. The predicted molar refractivity (Wildman–Crippen MR) is 56.1 cm³/mol. The highest BCUT2D eigenvalue weighted by molar-refractivity contribution is 9.10. The molecule has 1 atom stereocenters. The minimum Gasteiger partial charge on any atom is -0.291 e. The van der Waals surface area contributed by atoms with Gasteiger partial charge in [-0.1, -0.05) is 6.07 Å². The van der Waals surface area contributed by atoms with Crippen LogP contribution in [-0.2, 0) is 0 Å². The minimum absolute atomic E-state index is 0.316. The van der Waals surface area contributed by atoms with E-state index in [1.165, 1.54) is 6.07 Å². The van der Waals surface area contributed by atoms with Gasteiger partial charge in [-0.3, -0.25) is 4.90 Å². The third-order valence-corrected chi connectivity index (χ3v) is 2.51. The third-order valence-electron chi connectivity index (χ3n) is 1.90. The molecule has 0 bridgehead atoms. The van der Waals surface area contributed by atoms with E-state index in [4.69, 9.17) is 5.26 Å². The SMILES string of the molecule is CN(C)C(C#N)c1ccc(F)c(Br)c1. The molecule has 14 heavy (non-hydrogen) atoms. The summed E-state index contributed by atoms with van der Waals surface area (Å²) in [5.74, 6) is -0.316. The van der Waals surface area contributed by atoms with Gasteiger partial charge in [0, 0.05) is 0 Å². The van der Waals surface area contributed by atoms with Crippen molar-refractivity contribution in [3.63, 3.8) is 0 Å². The Bertz CT molecular complexity index is 371. The first kappa shape index (κ1) is 11.2. The molecule has 74 valence electrons. The van der Waals surface area contributed by atoms with E-state index >= 15 is 0 Å². The van der Waals surface area contributed by atoms with Crippen LogP contribution in [0.15, 0.2) is 22.7 Å². The lowest BCUT2D eigenvalue weighted by molar-refractivity contribution is 0.358. The van der Waals surface area contributed by atoms with Crippen LogP contribution in [0.2, 0.25) is 0 Å². The van der Waals surface area contributed by atoms with Crippen molar-refractivity contribution in [1.29, 1.82) is 5.26 Å². The van der Waals surface area contributed by atoms with Crippen molar-refractivity contribution >= 4 is 15.9 Å². The molecule has 0 aliphatic heterocycles. The molecule has 1 unspecified atom stereocenters. The van der Waals surface area contributed by atoms with Gasteiger partial charge in [0.25, 0.3) is 0 Å². The highest BCUT2D eigenvalue weighted by Gasteiger charge is 2.13. The van der Waals surface area contributed by atoms with Crippen LogP contribution >= 0.6 is 15.9 Å². The fourth-order valence-electron chi connectivity index (χ4n) is 1.17. The summed E-state index contributed by atoms with van der Waals surface area (Å²) < 4.78 is 13.3. The lowest BCUT2D eigenvalue weighted by atomic mass is 10.1. The molecule has 0 heterocycles. The summed E-state index contributed by atoms with van der Waals surface area (Å²) in [6.07, 6.45) is 0. The molecule has 0 fully saturated rings. The summed E-state index contributed by atoms with van der Waals surface area (Å²) in [6, 6.07) is 6.41. The molecule has 0 saturated carbocycles. The van der Waals surface area contributed by atoms with Gasteiger partial charge in [-0.15, -0.1) is 0 Å². The monoisotopic (exact) mass is 256 g/mol. The van der Waals surface area contributed by atoms with Gasteiger partial charge in [-0.05, 0) is 47.7 Å².